The zero-order chi connectivity index (χ0) is 25.9. The van der Waals surface area contributed by atoms with E-state index >= 15 is 0 Å². The van der Waals surface area contributed by atoms with Crippen molar-refractivity contribution in [2.45, 2.75) is 25.8 Å². The maximum atomic E-state index is 11.8. The Morgan fingerprint density at radius 3 is 2.54 bits per heavy atom. The highest BCUT2D eigenvalue weighted by Crippen LogP contribution is 2.21. The molecule has 0 aliphatic carbocycles. The van der Waals surface area contributed by atoms with E-state index in [4.69, 9.17) is 20.6 Å². The lowest BCUT2D eigenvalue weighted by Crippen LogP contribution is -2.38. The van der Waals surface area contributed by atoms with Crippen molar-refractivity contribution in [3.05, 3.63) is 72.1 Å². The van der Waals surface area contributed by atoms with E-state index in [1.807, 2.05) is 48.5 Å². The molecule has 9 nitrogen and oxygen atoms in total. The number of aromatic nitrogens is 2. The van der Waals surface area contributed by atoms with Crippen LogP contribution in [0.3, 0.4) is 0 Å². The molecule has 0 amide bonds. The van der Waals surface area contributed by atoms with E-state index in [0.717, 1.165) is 60.9 Å². The van der Waals surface area contributed by atoms with E-state index in [0.29, 0.717) is 31.9 Å². The quantitative estimate of drug-likeness (QED) is 0.240. The number of anilines is 1. The summed E-state index contributed by atoms with van der Waals surface area (Å²) < 4.78 is 11.2. The molecule has 2 aromatic carbocycles. The number of ether oxygens (including phenoxy) is 2. The molecule has 1 aliphatic heterocycles. The maximum absolute atomic E-state index is 11.8. The van der Waals surface area contributed by atoms with E-state index in [1.165, 1.54) is 0 Å². The molecule has 4 N–H and O–H groups in total. The lowest BCUT2D eigenvalue weighted by molar-refractivity contribution is -0.117. The van der Waals surface area contributed by atoms with Crippen LogP contribution in [-0.4, -0.2) is 65.9 Å². The largest absolute Gasteiger partial charge is 0.492 e. The third-order valence-electron chi connectivity index (χ3n) is 6.15. The maximum Gasteiger partial charge on any atom is 0.222 e. The van der Waals surface area contributed by atoms with Gasteiger partial charge in [-0.15, -0.1) is 0 Å². The standard InChI is InChI=1S/C28H34N6O3/c29-27(30)17-25(35)7-4-21-2-1-3-23(16-21)24-19-32-28(33-20-24)31-18-22-5-8-26(9-6-22)37-15-12-34-10-13-36-14-11-34/h1-3,5-6,8-9,16,19-20H,4,7,10-15,17-18H2,(H3,29,30)(H,31,32,33). The second kappa shape index (κ2) is 13.5. The fourth-order valence-corrected chi connectivity index (χ4v) is 4.06. The van der Waals surface area contributed by atoms with E-state index in [-0.39, 0.29) is 18.0 Å². The van der Waals surface area contributed by atoms with Gasteiger partial charge in [0, 0.05) is 50.6 Å². The molecule has 1 fully saturated rings. The van der Waals surface area contributed by atoms with Gasteiger partial charge in [-0.05, 0) is 35.2 Å². The number of nitrogens with two attached hydrogens (primary N) is 1. The van der Waals surface area contributed by atoms with Crippen molar-refractivity contribution in [1.29, 1.82) is 5.41 Å². The van der Waals surface area contributed by atoms with Gasteiger partial charge in [-0.1, -0.05) is 36.4 Å². The first-order chi connectivity index (χ1) is 18.0. The Hall–Kier alpha value is -3.82. The predicted octanol–water partition coefficient (Wildman–Crippen LogP) is 3.29. The minimum absolute atomic E-state index is 0.00920. The minimum Gasteiger partial charge on any atom is -0.492 e. The fourth-order valence-electron chi connectivity index (χ4n) is 4.06. The molecule has 0 saturated carbocycles. The Balaban J connectivity index is 1.23. The van der Waals surface area contributed by atoms with Gasteiger partial charge in [-0.3, -0.25) is 15.1 Å². The number of carbonyl (C=O) groups is 1. The van der Waals surface area contributed by atoms with Crippen LogP contribution >= 0.6 is 0 Å². The fraction of sp³-hybridized carbons (Fsp3) is 0.357. The highest BCUT2D eigenvalue weighted by Gasteiger charge is 2.10. The van der Waals surface area contributed by atoms with E-state index in [1.54, 1.807) is 12.4 Å². The molecule has 1 aliphatic rings. The SMILES string of the molecule is N=C(N)CC(=O)CCc1cccc(-c2cnc(NCc3ccc(OCCN4CCOCC4)cc3)nc2)c1. The van der Waals surface area contributed by atoms with Gasteiger partial charge in [0.25, 0.3) is 0 Å². The lowest BCUT2D eigenvalue weighted by Gasteiger charge is -2.26. The molecule has 4 rings (SSSR count). The molecule has 37 heavy (non-hydrogen) atoms. The Kier molecular flexibility index (Phi) is 9.56. The van der Waals surface area contributed by atoms with Crippen LogP contribution in [0.1, 0.15) is 24.0 Å². The van der Waals surface area contributed by atoms with E-state index < -0.39 is 0 Å². The number of amidine groups is 1. The van der Waals surface area contributed by atoms with Crippen molar-refractivity contribution in [2.24, 2.45) is 5.73 Å². The summed E-state index contributed by atoms with van der Waals surface area (Å²) in [6.07, 6.45) is 4.57. The Morgan fingerprint density at radius 2 is 1.81 bits per heavy atom. The minimum atomic E-state index is -0.0919. The molecule has 0 radical (unpaired) electrons. The third kappa shape index (κ3) is 8.66. The predicted molar refractivity (Wildman–Crippen MR) is 144 cm³/mol. The molecular weight excluding hydrogens is 468 g/mol. The summed E-state index contributed by atoms with van der Waals surface area (Å²) in [5, 5.41) is 10.5. The number of aryl methyl sites for hydroxylation is 1. The van der Waals surface area contributed by atoms with E-state index in [2.05, 4.69) is 20.2 Å². The molecule has 1 aromatic heterocycles. The molecule has 0 spiro atoms. The summed E-state index contributed by atoms with van der Waals surface area (Å²) in [4.78, 5) is 23.1. The van der Waals surface area contributed by atoms with Gasteiger partial charge < -0.3 is 20.5 Å². The molecular formula is C28H34N6O3. The van der Waals surface area contributed by atoms with Gasteiger partial charge in [0.2, 0.25) is 5.95 Å². The molecule has 0 unspecified atom stereocenters. The van der Waals surface area contributed by atoms with Crippen molar-refractivity contribution in [1.82, 2.24) is 14.9 Å². The number of carbonyl (C=O) groups excluding carboxylic acids is 1. The van der Waals surface area contributed by atoms with Crippen molar-refractivity contribution >= 4 is 17.6 Å². The summed E-state index contributed by atoms with van der Waals surface area (Å²) >= 11 is 0. The van der Waals surface area contributed by atoms with Gasteiger partial charge >= 0.3 is 0 Å². The molecule has 194 valence electrons. The van der Waals surface area contributed by atoms with Gasteiger partial charge in [0.1, 0.15) is 18.1 Å². The van der Waals surface area contributed by atoms with Crippen LogP contribution < -0.4 is 15.8 Å². The van der Waals surface area contributed by atoms with E-state index in [9.17, 15) is 4.79 Å². The van der Waals surface area contributed by atoms with Crippen LogP contribution in [0.2, 0.25) is 0 Å². The van der Waals surface area contributed by atoms with Crippen LogP contribution in [0, 0.1) is 5.41 Å². The Morgan fingerprint density at radius 1 is 1.05 bits per heavy atom. The van der Waals surface area contributed by atoms with Gasteiger partial charge in [-0.2, -0.15) is 0 Å². The Bertz CT molecular complexity index is 1160. The molecule has 0 bridgehead atoms. The third-order valence-corrected chi connectivity index (χ3v) is 6.15. The van der Waals surface area contributed by atoms with Crippen LogP contribution in [0.5, 0.6) is 5.75 Å². The number of hydrogen-bond donors (Lipinski definition) is 3. The number of ketones is 1. The second-order valence-corrected chi connectivity index (χ2v) is 9.04. The zero-order valence-electron chi connectivity index (χ0n) is 21.0. The smallest absolute Gasteiger partial charge is 0.222 e. The summed E-state index contributed by atoms with van der Waals surface area (Å²) in [6.45, 7) is 5.72. The number of nitrogens with one attached hydrogen (secondary N) is 2. The van der Waals surface area contributed by atoms with Crippen molar-refractivity contribution in [3.8, 4) is 16.9 Å². The molecule has 1 saturated heterocycles. The summed E-state index contributed by atoms with van der Waals surface area (Å²) in [6, 6.07) is 16.0. The van der Waals surface area contributed by atoms with Gasteiger partial charge in [-0.25, -0.2) is 9.97 Å². The number of morpholine rings is 1. The number of rotatable bonds is 13. The molecule has 2 heterocycles. The van der Waals surface area contributed by atoms with Crippen LogP contribution in [0.15, 0.2) is 60.9 Å². The summed E-state index contributed by atoms with van der Waals surface area (Å²) in [7, 11) is 0. The average molecular weight is 503 g/mol. The topological polar surface area (TPSA) is 126 Å². The van der Waals surface area contributed by atoms with Gasteiger partial charge in [0.05, 0.1) is 25.5 Å². The zero-order valence-corrected chi connectivity index (χ0v) is 21.0. The monoisotopic (exact) mass is 502 g/mol. The highest BCUT2D eigenvalue weighted by molar-refractivity contribution is 5.98. The first kappa shape index (κ1) is 26.2. The van der Waals surface area contributed by atoms with Gasteiger partial charge in [0.15, 0.2) is 0 Å². The van der Waals surface area contributed by atoms with Crippen LogP contribution in [0.4, 0.5) is 5.95 Å². The first-order valence-electron chi connectivity index (χ1n) is 12.6. The molecule has 3 aromatic rings. The van der Waals surface area contributed by atoms with Crippen LogP contribution in [-0.2, 0) is 22.5 Å². The highest BCUT2D eigenvalue weighted by atomic mass is 16.5. The lowest BCUT2D eigenvalue weighted by atomic mass is 10.0. The molecule has 0 atom stereocenters. The van der Waals surface area contributed by atoms with Crippen molar-refractivity contribution < 1.29 is 14.3 Å². The summed E-state index contributed by atoms with van der Waals surface area (Å²) in [5.41, 5.74) is 9.36. The number of hydrogen-bond acceptors (Lipinski definition) is 8. The number of Topliss-reactive ketones (excluding diaryl/α,β-unsaturated/α-hetero) is 1. The molecule has 9 heteroatoms. The average Bonchev–Trinajstić information content (AvgIpc) is 2.92. The normalized spacial score (nSPS) is 13.7. The van der Waals surface area contributed by atoms with Crippen molar-refractivity contribution in [2.75, 3.05) is 44.8 Å². The second-order valence-electron chi connectivity index (χ2n) is 9.04. The number of benzene rings is 2. The van der Waals surface area contributed by atoms with Crippen molar-refractivity contribution in [3.63, 3.8) is 0 Å². The first-order valence-corrected chi connectivity index (χ1v) is 12.6. The summed E-state index contributed by atoms with van der Waals surface area (Å²) in [5.74, 6) is 1.30. The number of nitrogens with zero attached hydrogens (tertiary/aromatic N) is 3. The Labute approximate surface area is 217 Å². The van der Waals surface area contributed by atoms with Crippen LogP contribution in [0.25, 0.3) is 11.1 Å².